The second kappa shape index (κ2) is 7.15. The molecular weight excluding hydrogens is 343 g/mol. The van der Waals surface area contributed by atoms with Crippen LogP contribution in [0.4, 0.5) is 10.2 Å². The molecule has 1 N–H and O–H groups in total. The van der Waals surface area contributed by atoms with E-state index in [0.717, 1.165) is 27.9 Å². The van der Waals surface area contributed by atoms with Crippen LogP contribution in [0, 0.1) is 12.7 Å². The fraction of sp³-hybridized carbons (Fsp3) is 0.190. The summed E-state index contributed by atoms with van der Waals surface area (Å²) in [5, 5.41) is 11.8. The lowest BCUT2D eigenvalue weighted by molar-refractivity contribution is 0.561. The largest absolute Gasteiger partial charge is 0.441 e. The van der Waals surface area contributed by atoms with Gasteiger partial charge < -0.3 is 9.73 Å². The zero-order valence-corrected chi connectivity index (χ0v) is 15.1. The minimum atomic E-state index is -0.223. The summed E-state index contributed by atoms with van der Waals surface area (Å²) in [6, 6.07) is 16.2. The predicted molar refractivity (Wildman–Crippen MR) is 103 cm³/mol. The maximum atomic E-state index is 13.0. The smallest absolute Gasteiger partial charge is 0.192 e. The summed E-state index contributed by atoms with van der Waals surface area (Å²) in [5.41, 5.74) is 4.34. The van der Waals surface area contributed by atoms with Gasteiger partial charge in [0.1, 0.15) is 17.2 Å². The minimum absolute atomic E-state index is 0.223. The first kappa shape index (κ1) is 17.1. The summed E-state index contributed by atoms with van der Waals surface area (Å²) >= 11 is 0. The molecule has 1 atom stereocenters. The highest BCUT2D eigenvalue weighted by molar-refractivity contribution is 5.79. The van der Waals surface area contributed by atoms with E-state index >= 15 is 0 Å². The van der Waals surface area contributed by atoms with Crippen molar-refractivity contribution in [3.8, 4) is 11.3 Å². The lowest BCUT2D eigenvalue weighted by Gasteiger charge is -2.13. The van der Waals surface area contributed by atoms with Crippen molar-refractivity contribution >= 4 is 16.9 Å². The van der Waals surface area contributed by atoms with Crippen molar-refractivity contribution in [2.24, 2.45) is 0 Å². The van der Waals surface area contributed by atoms with E-state index in [9.17, 15) is 4.39 Å². The number of hydrogen-bond donors (Lipinski definition) is 1. The molecule has 0 fully saturated rings. The Morgan fingerprint density at radius 3 is 2.59 bits per heavy atom. The highest BCUT2D eigenvalue weighted by atomic mass is 19.1. The topological polar surface area (TPSA) is 63.8 Å². The highest BCUT2D eigenvalue weighted by Crippen LogP contribution is 2.24. The average Bonchev–Trinajstić information content (AvgIpc) is 3.06. The lowest BCUT2D eigenvalue weighted by atomic mass is 10.0. The van der Waals surface area contributed by atoms with Gasteiger partial charge in [-0.3, -0.25) is 0 Å². The van der Waals surface area contributed by atoms with Crippen molar-refractivity contribution in [2.45, 2.75) is 19.8 Å². The molecule has 6 heteroatoms. The van der Waals surface area contributed by atoms with Gasteiger partial charge in [-0.2, -0.15) is 0 Å². The van der Waals surface area contributed by atoms with Gasteiger partial charge in [-0.1, -0.05) is 25.1 Å². The first-order chi connectivity index (χ1) is 13.1. The molecule has 0 saturated heterocycles. The quantitative estimate of drug-likeness (QED) is 0.544. The summed E-state index contributed by atoms with van der Waals surface area (Å²) in [4.78, 5) is 4.30. The fourth-order valence-electron chi connectivity index (χ4n) is 2.95. The summed E-state index contributed by atoms with van der Waals surface area (Å²) in [7, 11) is 0. The van der Waals surface area contributed by atoms with Gasteiger partial charge in [0.05, 0.1) is 5.69 Å². The molecule has 0 aliphatic rings. The number of fused-ring (bicyclic) bond motifs is 1. The Morgan fingerprint density at radius 2 is 1.85 bits per heavy atom. The second-order valence-electron chi connectivity index (χ2n) is 6.55. The zero-order chi connectivity index (χ0) is 18.8. The zero-order valence-electron chi connectivity index (χ0n) is 15.1. The third-order valence-electron chi connectivity index (χ3n) is 4.48. The van der Waals surface area contributed by atoms with Gasteiger partial charge in [0.25, 0.3) is 0 Å². The number of nitrogens with zero attached hydrogens (tertiary/aromatic N) is 3. The minimum Gasteiger partial charge on any atom is -0.441 e. The molecule has 5 nitrogen and oxygen atoms in total. The summed E-state index contributed by atoms with van der Waals surface area (Å²) in [6.07, 6.45) is 0. The summed E-state index contributed by atoms with van der Waals surface area (Å²) in [6.45, 7) is 4.59. The molecule has 4 rings (SSSR count). The summed E-state index contributed by atoms with van der Waals surface area (Å²) < 4.78 is 18.6. The van der Waals surface area contributed by atoms with Crippen molar-refractivity contribution in [3.05, 3.63) is 71.9 Å². The van der Waals surface area contributed by atoms with Crippen molar-refractivity contribution in [3.63, 3.8) is 0 Å². The van der Waals surface area contributed by atoms with Crippen LogP contribution in [-0.4, -0.2) is 21.7 Å². The van der Waals surface area contributed by atoms with Crippen molar-refractivity contribution in [1.29, 1.82) is 0 Å². The number of halogens is 1. The van der Waals surface area contributed by atoms with Crippen LogP contribution in [0.1, 0.15) is 24.3 Å². The van der Waals surface area contributed by atoms with E-state index in [1.54, 1.807) is 12.1 Å². The predicted octanol–water partition coefficient (Wildman–Crippen LogP) is 4.95. The van der Waals surface area contributed by atoms with E-state index in [0.29, 0.717) is 18.3 Å². The molecule has 2 aromatic heterocycles. The molecule has 27 heavy (non-hydrogen) atoms. The molecule has 0 aliphatic heterocycles. The van der Waals surface area contributed by atoms with Gasteiger partial charge in [-0.05, 0) is 47.9 Å². The van der Waals surface area contributed by atoms with Crippen molar-refractivity contribution in [1.82, 2.24) is 15.2 Å². The highest BCUT2D eigenvalue weighted by Gasteiger charge is 2.08. The average molecular weight is 362 g/mol. The van der Waals surface area contributed by atoms with E-state index in [1.165, 1.54) is 12.1 Å². The monoisotopic (exact) mass is 362 g/mol. The van der Waals surface area contributed by atoms with Gasteiger partial charge in [0.2, 0.25) is 0 Å². The molecule has 0 bridgehead atoms. The molecule has 0 radical (unpaired) electrons. The van der Waals surface area contributed by atoms with E-state index in [-0.39, 0.29) is 11.7 Å². The molecule has 0 amide bonds. The van der Waals surface area contributed by atoms with Gasteiger partial charge in [-0.15, -0.1) is 10.2 Å². The van der Waals surface area contributed by atoms with Crippen LogP contribution in [0.15, 0.2) is 59.0 Å². The van der Waals surface area contributed by atoms with Crippen molar-refractivity contribution in [2.75, 3.05) is 11.9 Å². The third-order valence-corrected chi connectivity index (χ3v) is 4.48. The number of anilines is 1. The van der Waals surface area contributed by atoms with Gasteiger partial charge in [0.15, 0.2) is 11.5 Å². The SMILES string of the molecule is Cc1nc2ccc(-c3ccc(NCC(C)c4ccc(F)cc4)nn3)cc2o1. The normalized spacial score (nSPS) is 12.3. The van der Waals surface area contributed by atoms with Gasteiger partial charge in [-0.25, -0.2) is 9.37 Å². The van der Waals surface area contributed by atoms with Crippen LogP contribution >= 0.6 is 0 Å². The fourth-order valence-corrected chi connectivity index (χ4v) is 2.95. The molecule has 4 aromatic rings. The Labute approximate surface area is 156 Å². The Balaban J connectivity index is 1.44. The molecule has 136 valence electrons. The van der Waals surface area contributed by atoms with Crippen LogP contribution in [0.5, 0.6) is 0 Å². The van der Waals surface area contributed by atoms with Crippen LogP contribution in [-0.2, 0) is 0 Å². The molecule has 1 unspecified atom stereocenters. The molecule has 0 aliphatic carbocycles. The van der Waals surface area contributed by atoms with Crippen LogP contribution in [0.3, 0.4) is 0 Å². The van der Waals surface area contributed by atoms with Crippen LogP contribution in [0.25, 0.3) is 22.4 Å². The number of nitrogens with one attached hydrogen (secondary N) is 1. The number of aryl methyl sites for hydroxylation is 1. The summed E-state index contributed by atoms with van der Waals surface area (Å²) in [5.74, 6) is 1.34. The van der Waals surface area contributed by atoms with Crippen LogP contribution < -0.4 is 5.32 Å². The Kier molecular flexibility index (Phi) is 4.54. The van der Waals surface area contributed by atoms with Crippen molar-refractivity contribution < 1.29 is 8.81 Å². The van der Waals surface area contributed by atoms with E-state index in [2.05, 4.69) is 27.4 Å². The number of rotatable bonds is 5. The maximum Gasteiger partial charge on any atom is 0.192 e. The Bertz CT molecular complexity index is 1060. The number of aromatic nitrogens is 3. The van der Waals surface area contributed by atoms with E-state index < -0.39 is 0 Å². The van der Waals surface area contributed by atoms with E-state index in [4.69, 9.17) is 4.42 Å². The van der Waals surface area contributed by atoms with Gasteiger partial charge >= 0.3 is 0 Å². The molecule has 0 spiro atoms. The first-order valence-corrected chi connectivity index (χ1v) is 8.79. The first-order valence-electron chi connectivity index (χ1n) is 8.79. The Hall–Kier alpha value is -3.28. The number of benzene rings is 2. The molecule has 0 saturated carbocycles. The molecule has 2 heterocycles. The van der Waals surface area contributed by atoms with Crippen LogP contribution in [0.2, 0.25) is 0 Å². The molecule has 2 aromatic carbocycles. The number of oxazole rings is 1. The third kappa shape index (κ3) is 3.79. The van der Waals surface area contributed by atoms with Gasteiger partial charge in [0, 0.05) is 19.0 Å². The lowest BCUT2D eigenvalue weighted by Crippen LogP contribution is -2.11. The van der Waals surface area contributed by atoms with E-state index in [1.807, 2.05) is 37.3 Å². The number of hydrogen-bond acceptors (Lipinski definition) is 5. The molecular formula is C21H19FN4O. The maximum absolute atomic E-state index is 13.0. The standard InChI is InChI=1S/C21H19FN4O/c1-13(15-3-6-17(22)7-4-15)12-23-21-10-9-18(25-26-21)16-5-8-19-20(11-16)27-14(2)24-19/h3-11,13H,12H2,1-2H3,(H,23,26). The Morgan fingerprint density at radius 1 is 1.04 bits per heavy atom. The second-order valence-corrected chi connectivity index (χ2v) is 6.55.